The molecular weight excluding hydrogens is 228 g/mol. The van der Waals surface area contributed by atoms with Gasteiger partial charge in [-0.15, -0.1) is 0 Å². The molecule has 1 aliphatic rings. The number of amides is 1. The standard InChI is InChI=1S/C13H24N4O/c1-11-6-8-16(4)13(18)12(5-7-14)17(11)10-9-15(2)3/h11-12H,5-6,8-10H2,1-4H3. The Morgan fingerprint density at radius 3 is 2.72 bits per heavy atom. The second kappa shape index (κ2) is 6.72. The van der Waals surface area contributed by atoms with E-state index in [0.29, 0.717) is 6.04 Å². The maximum atomic E-state index is 12.3. The van der Waals surface area contributed by atoms with E-state index in [9.17, 15) is 4.79 Å². The van der Waals surface area contributed by atoms with Gasteiger partial charge in [-0.25, -0.2) is 0 Å². The SMILES string of the molecule is CC1CCN(C)C(=O)C(CC#N)N1CCN(C)C. The van der Waals surface area contributed by atoms with E-state index in [1.807, 2.05) is 21.1 Å². The predicted octanol–water partition coefficient (Wildman–Crippen LogP) is 0.383. The molecule has 102 valence electrons. The Kier molecular flexibility index (Phi) is 5.57. The Hall–Kier alpha value is -1.12. The summed E-state index contributed by atoms with van der Waals surface area (Å²) in [5.41, 5.74) is 0. The van der Waals surface area contributed by atoms with Crippen molar-refractivity contribution in [2.45, 2.75) is 31.8 Å². The zero-order chi connectivity index (χ0) is 13.7. The van der Waals surface area contributed by atoms with Gasteiger partial charge in [0.15, 0.2) is 0 Å². The van der Waals surface area contributed by atoms with Gasteiger partial charge in [0, 0.05) is 32.7 Å². The van der Waals surface area contributed by atoms with Crippen LogP contribution in [0.25, 0.3) is 0 Å². The summed E-state index contributed by atoms with van der Waals surface area (Å²) in [5, 5.41) is 8.94. The first-order chi connectivity index (χ1) is 8.47. The van der Waals surface area contributed by atoms with Crippen molar-refractivity contribution in [3.63, 3.8) is 0 Å². The highest BCUT2D eigenvalue weighted by molar-refractivity contribution is 5.82. The van der Waals surface area contributed by atoms with Crippen molar-refractivity contribution in [3.8, 4) is 6.07 Å². The fourth-order valence-electron chi connectivity index (χ4n) is 2.34. The van der Waals surface area contributed by atoms with Gasteiger partial charge in [0.2, 0.25) is 5.91 Å². The predicted molar refractivity (Wildman–Crippen MR) is 71.0 cm³/mol. The second-order valence-corrected chi connectivity index (χ2v) is 5.32. The van der Waals surface area contributed by atoms with Crippen LogP contribution in [0.5, 0.6) is 0 Å². The minimum atomic E-state index is -0.280. The van der Waals surface area contributed by atoms with Crippen molar-refractivity contribution in [1.82, 2.24) is 14.7 Å². The van der Waals surface area contributed by atoms with Gasteiger partial charge in [-0.2, -0.15) is 5.26 Å². The minimum absolute atomic E-state index is 0.0830. The average molecular weight is 252 g/mol. The molecule has 0 aliphatic carbocycles. The van der Waals surface area contributed by atoms with Gasteiger partial charge >= 0.3 is 0 Å². The highest BCUT2D eigenvalue weighted by Gasteiger charge is 2.34. The highest BCUT2D eigenvalue weighted by atomic mass is 16.2. The molecule has 1 heterocycles. The van der Waals surface area contributed by atoms with Gasteiger partial charge in [-0.05, 0) is 27.4 Å². The Morgan fingerprint density at radius 1 is 1.50 bits per heavy atom. The molecule has 1 rings (SSSR count). The number of nitriles is 1. The molecule has 1 aliphatic heterocycles. The molecular formula is C13H24N4O. The van der Waals surface area contributed by atoms with Crippen LogP contribution in [-0.2, 0) is 4.79 Å². The normalized spacial score (nSPS) is 26.2. The van der Waals surface area contributed by atoms with E-state index in [-0.39, 0.29) is 18.4 Å². The molecule has 5 nitrogen and oxygen atoms in total. The quantitative estimate of drug-likeness (QED) is 0.726. The van der Waals surface area contributed by atoms with Crippen LogP contribution in [0.2, 0.25) is 0 Å². The number of hydrogen-bond donors (Lipinski definition) is 0. The highest BCUT2D eigenvalue weighted by Crippen LogP contribution is 2.18. The van der Waals surface area contributed by atoms with Crippen LogP contribution in [-0.4, -0.2) is 73.5 Å². The second-order valence-electron chi connectivity index (χ2n) is 5.32. The third-order valence-corrected chi connectivity index (χ3v) is 3.60. The summed E-state index contributed by atoms with van der Waals surface area (Å²) < 4.78 is 0. The zero-order valence-electron chi connectivity index (χ0n) is 11.9. The van der Waals surface area contributed by atoms with Gasteiger partial charge in [-0.3, -0.25) is 9.69 Å². The third-order valence-electron chi connectivity index (χ3n) is 3.60. The summed E-state index contributed by atoms with van der Waals surface area (Å²) in [6.45, 7) is 4.66. The smallest absolute Gasteiger partial charge is 0.240 e. The Labute approximate surface area is 110 Å². The van der Waals surface area contributed by atoms with Crippen LogP contribution in [0.15, 0.2) is 0 Å². The van der Waals surface area contributed by atoms with Crippen molar-refractivity contribution in [2.75, 3.05) is 40.8 Å². The minimum Gasteiger partial charge on any atom is -0.344 e. The van der Waals surface area contributed by atoms with E-state index in [4.69, 9.17) is 5.26 Å². The molecule has 1 amide bonds. The first kappa shape index (κ1) is 14.9. The molecule has 0 spiro atoms. The zero-order valence-corrected chi connectivity index (χ0v) is 11.9. The maximum Gasteiger partial charge on any atom is 0.240 e. The van der Waals surface area contributed by atoms with E-state index in [1.54, 1.807) is 4.90 Å². The van der Waals surface area contributed by atoms with Crippen LogP contribution in [0.3, 0.4) is 0 Å². The van der Waals surface area contributed by atoms with E-state index >= 15 is 0 Å². The number of carbonyl (C=O) groups is 1. The first-order valence-electron chi connectivity index (χ1n) is 6.49. The molecule has 0 aromatic rings. The number of likely N-dealkylation sites (N-methyl/N-ethyl adjacent to an activating group) is 2. The first-order valence-corrected chi connectivity index (χ1v) is 6.49. The number of rotatable bonds is 4. The molecule has 1 saturated heterocycles. The molecule has 0 aromatic heterocycles. The summed E-state index contributed by atoms with van der Waals surface area (Å²) in [5.74, 6) is 0.0830. The van der Waals surface area contributed by atoms with Crippen molar-refractivity contribution in [3.05, 3.63) is 0 Å². The van der Waals surface area contributed by atoms with Gasteiger partial charge in [0.1, 0.15) is 6.04 Å². The van der Waals surface area contributed by atoms with Crippen LogP contribution < -0.4 is 0 Å². The van der Waals surface area contributed by atoms with Crippen molar-refractivity contribution < 1.29 is 4.79 Å². The molecule has 5 heteroatoms. The van der Waals surface area contributed by atoms with Crippen molar-refractivity contribution in [2.24, 2.45) is 0 Å². The fraction of sp³-hybridized carbons (Fsp3) is 0.846. The summed E-state index contributed by atoms with van der Waals surface area (Å²) in [6.07, 6.45) is 1.25. The fourth-order valence-corrected chi connectivity index (χ4v) is 2.34. The molecule has 0 bridgehead atoms. The van der Waals surface area contributed by atoms with Gasteiger partial charge < -0.3 is 9.80 Å². The molecule has 2 atom stereocenters. The van der Waals surface area contributed by atoms with Crippen LogP contribution in [0.1, 0.15) is 19.8 Å². The van der Waals surface area contributed by atoms with Gasteiger partial charge in [-0.1, -0.05) is 0 Å². The lowest BCUT2D eigenvalue weighted by molar-refractivity contribution is -0.134. The molecule has 2 unspecified atom stereocenters. The van der Waals surface area contributed by atoms with Gasteiger partial charge in [0.05, 0.1) is 12.5 Å². The maximum absolute atomic E-state index is 12.3. The number of nitrogens with zero attached hydrogens (tertiary/aromatic N) is 4. The Morgan fingerprint density at radius 2 is 2.17 bits per heavy atom. The van der Waals surface area contributed by atoms with Crippen LogP contribution in [0, 0.1) is 11.3 Å². The molecule has 0 N–H and O–H groups in total. The summed E-state index contributed by atoms with van der Waals surface area (Å²) in [6, 6.07) is 2.22. The lowest BCUT2D eigenvalue weighted by atomic mass is 10.1. The lowest BCUT2D eigenvalue weighted by Gasteiger charge is -2.33. The van der Waals surface area contributed by atoms with E-state index in [0.717, 1.165) is 26.1 Å². The monoisotopic (exact) mass is 252 g/mol. The van der Waals surface area contributed by atoms with Crippen LogP contribution in [0.4, 0.5) is 0 Å². The van der Waals surface area contributed by atoms with E-state index in [2.05, 4.69) is 22.8 Å². The summed E-state index contributed by atoms with van der Waals surface area (Å²) >= 11 is 0. The average Bonchev–Trinajstić information content (AvgIpc) is 2.41. The van der Waals surface area contributed by atoms with Gasteiger partial charge in [0.25, 0.3) is 0 Å². The topological polar surface area (TPSA) is 50.6 Å². The summed E-state index contributed by atoms with van der Waals surface area (Å²) in [4.78, 5) is 18.3. The Bertz CT molecular complexity index is 323. The molecule has 0 radical (unpaired) electrons. The van der Waals surface area contributed by atoms with Crippen LogP contribution >= 0.6 is 0 Å². The molecule has 0 saturated carbocycles. The number of hydrogen-bond acceptors (Lipinski definition) is 4. The van der Waals surface area contributed by atoms with Crippen molar-refractivity contribution in [1.29, 1.82) is 5.26 Å². The largest absolute Gasteiger partial charge is 0.344 e. The molecule has 1 fully saturated rings. The van der Waals surface area contributed by atoms with E-state index < -0.39 is 0 Å². The third kappa shape index (κ3) is 3.69. The van der Waals surface area contributed by atoms with Crippen molar-refractivity contribution >= 4 is 5.91 Å². The molecule has 0 aromatic carbocycles. The number of carbonyl (C=O) groups excluding carboxylic acids is 1. The molecule has 18 heavy (non-hydrogen) atoms. The summed E-state index contributed by atoms with van der Waals surface area (Å²) in [7, 11) is 5.88. The lowest BCUT2D eigenvalue weighted by Crippen LogP contribution is -2.49. The van der Waals surface area contributed by atoms with E-state index in [1.165, 1.54) is 0 Å². The Balaban J connectivity index is 2.84.